The van der Waals surface area contributed by atoms with E-state index in [0.29, 0.717) is 10.9 Å². The average Bonchev–Trinajstić information content (AvgIpc) is 2.25. The lowest BCUT2D eigenvalue weighted by molar-refractivity contribution is -0.138. The summed E-state index contributed by atoms with van der Waals surface area (Å²) in [7, 11) is 0. The maximum absolute atomic E-state index is 12.6. The predicted octanol–water partition coefficient (Wildman–Crippen LogP) is 3.50. The van der Waals surface area contributed by atoms with Crippen molar-refractivity contribution in [2.45, 2.75) is 11.5 Å². The van der Waals surface area contributed by atoms with Crippen molar-refractivity contribution in [1.29, 1.82) is 5.26 Å². The molecule has 2 nitrogen and oxygen atoms in total. The molecule has 6 heteroatoms. The number of rotatable bonds is 3. The summed E-state index contributed by atoms with van der Waals surface area (Å²) in [6, 6.07) is 5.36. The lowest BCUT2D eigenvalue weighted by Crippen LogP contribution is -2.09. The molecule has 0 bridgehead atoms. The van der Waals surface area contributed by atoms with Gasteiger partial charge in [-0.25, -0.2) is 0 Å². The zero-order chi connectivity index (χ0) is 12.2. The summed E-state index contributed by atoms with van der Waals surface area (Å²) in [5, 5.41) is 8.59. The smallest absolute Gasteiger partial charge is 0.419 e. The van der Waals surface area contributed by atoms with Crippen LogP contribution in [-0.2, 0) is 11.5 Å². The van der Waals surface area contributed by atoms with E-state index in [2.05, 4.69) is 15.9 Å². The predicted molar refractivity (Wildman–Crippen MR) is 55.2 cm³/mol. The van der Waals surface area contributed by atoms with Crippen LogP contribution in [0.2, 0.25) is 0 Å². The van der Waals surface area contributed by atoms with Crippen molar-refractivity contribution in [3.63, 3.8) is 0 Å². The second-order valence-corrected chi connectivity index (χ2v) is 3.47. The number of nitriles is 1. The van der Waals surface area contributed by atoms with Crippen molar-refractivity contribution in [2.24, 2.45) is 0 Å². The molecule has 0 unspecified atom stereocenters. The van der Waals surface area contributed by atoms with Gasteiger partial charge in [-0.3, -0.25) is 0 Å². The Morgan fingerprint density at radius 1 is 1.38 bits per heavy atom. The topological polar surface area (TPSA) is 33.0 Å². The van der Waals surface area contributed by atoms with Gasteiger partial charge in [0.1, 0.15) is 11.8 Å². The summed E-state index contributed by atoms with van der Waals surface area (Å²) in [5.41, 5.74) is -0.365. The molecule has 0 atom stereocenters. The fraction of sp³-hybridized carbons (Fsp3) is 0.300. The molecule has 1 aromatic carbocycles. The van der Waals surface area contributed by atoms with Gasteiger partial charge in [0.05, 0.1) is 5.56 Å². The minimum absolute atomic E-state index is 0.321. The molecule has 16 heavy (non-hydrogen) atoms. The van der Waals surface area contributed by atoms with Gasteiger partial charge in [-0.05, 0) is 17.7 Å². The highest BCUT2D eigenvalue weighted by molar-refractivity contribution is 9.08. The molecular weight excluding hydrogens is 287 g/mol. The first-order valence-electron chi connectivity index (χ1n) is 4.25. The lowest BCUT2D eigenvalue weighted by atomic mass is 10.1. The normalized spacial score (nSPS) is 10.9. The van der Waals surface area contributed by atoms with E-state index in [-0.39, 0.29) is 5.75 Å². The summed E-state index contributed by atoms with van der Waals surface area (Å²) in [6.45, 7) is -0.406. The number of benzene rings is 1. The minimum Gasteiger partial charge on any atom is -0.478 e. The monoisotopic (exact) mass is 293 g/mol. The Morgan fingerprint density at radius 2 is 2.06 bits per heavy atom. The SMILES string of the molecule is N#CCOc1ccc(CBr)cc1C(F)(F)F. The Bertz CT molecular complexity index is 412. The first kappa shape index (κ1) is 12.8. The van der Waals surface area contributed by atoms with Crippen LogP contribution in [0.5, 0.6) is 5.75 Å². The molecule has 0 radical (unpaired) electrons. The van der Waals surface area contributed by atoms with Crippen LogP contribution in [0, 0.1) is 11.3 Å². The molecule has 86 valence electrons. The zero-order valence-electron chi connectivity index (χ0n) is 8.01. The number of alkyl halides is 4. The maximum atomic E-state index is 12.6. The van der Waals surface area contributed by atoms with E-state index in [9.17, 15) is 13.2 Å². The molecule has 0 heterocycles. The molecule has 0 saturated carbocycles. The molecule has 0 N–H and O–H groups in total. The lowest BCUT2D eigenvalue weighted by Gasteiger charge is -2.13. The van der Waals surface area contributed by atoms with Crippen molar-refractivity contribution in [3.05, 3.63) is 29.3 Å². The summed E-state index contributed by atoms with van der Waals surface area (Å²) in [4.78, 5) is 0. The second kappa shape index (κ2) is 5.21. The third kappa shape index (κ3) is 3.14. The number of nitrogens with zero attached hydrogens (tertiary/aromatic N) is 1. The van der Waals surface area contributed by atoms with Crippen LogP contribution >= 0.6 is 15.9 Å². The van der Waals surface area contributed by atoms with Gasteiger partial charge in [-0.2, -0.15) is 18.4 Å². The van der Waals surface area contributed by atoms with Gasteiger partial charge in [-0.15, -0.1) is 0 Å². The molecule has 0 aliphatic heterocycles. The van der Waals surface area contributed by atoms with Crippen LogP contribution in [0.25, 0.3) is 0 Å². The summed E-state index contributed by atoms with van der Waals surface area (Å²) >= 11 is 3.08. The standard InChI is InChI=1S/C10H7BrF3NO/c11-6-7-1-2-9(16-4-3-15)8(5-7)10(12,13)14/h1-2,5H,4,6H2. The Hall–Kier alpha value is -1.22. The van der Waals surface area contributed by atoms with E-state index in [0.717, 1.165) is 6.07 Å². The maximum Gasteiger partial charge on any atom is 0.419 e. The van der Waals surface area contributed by atoms with Gasteiger partial charge >= 0.3 is 6.18 Å². The van der Waals surface area contributed by atoms with Crippen molar-refractivity contribution in [3.8, 4) is 11.8 Å². The molecule has 0 saturated heterocycles. The van der Waals surface area contributed by atoms with Gasteiger partial charge in [0, 0.05) is 5.33 Å². The van der Waals surface area contributed by atoms with Gasteiger partial charge in [0.25, 0.3) is 0 Å². The van der Waals surface area contributed by atoms with Crippen LogP contribution in [0.1, 0.15) is 11.1 Å². The van der Waals surface area contributed by atoms with Crippen LogP contribution in [-0.4, -0.2) is 6.61 Å². The molecule has 0 spiro atoms. The molecule has 0 aliphatic carbocycles. The third-order valence-electron chi connectivity index (χ3n) is 1.80. The fourth-order valence-corrected chi connectivity index (χ4v) is 1.47. The van der Waals surface area contributed by atoms with Crippen LogP contribution in [0.3, 0.4) is 0 Å². The molecule has 1 aromatic rings. The van der Waals surface area contributed by atoms with E-state index >= 15 is 0 Å². The van der Waals surface area contributed by atoms with Gasteiger partial charge in [-0.1, -0.05) is 22.0 Å². The Balaban J connectivity index is 3.12. The second-order valence-electron chi connectivity index (χ2n) is 2.91. The zero-order valence-corrected chi connectivity index (χ0v) is 9.60. The van der Waals surface area contributed by atoms with E-state index < -0.39 is 18.3 Å². The summed E-state index contributed by atoms with van der Waals surface area (Å²) in [5.74, 6) is -0.321. The number of hydrogen-bond donors (Lipinski definition) is 0. The van der Waals surface area contributed by atoms with Crippen LogP contribution < -0.4 is 4.74 Å². The van der Waals surface area contributed by atoms with E-state index in [1.165, 1.54) is 12.1 Å². The van der Waals surface area contributed by atoms with Crippen molar-refractivity contribution in [2.75, 3.05) is 6.61 Å². The highest BCUT2D eigenvalue weighted by atomic mass is 79.9. The van der Waals surface area contributed by atoms with Gasteiger partial charge in [0.15, 0.2) is 6.61 Å². The largest absolute Gasteiger partial charge is 0.478 e. The first-order valence-corrected chi connectivity index (χ1v) is 5.37. The average molecular weight is 294 g/mol. The van der Waals surface area contributed by atoms with Crippen molar-refractivity contribution >= 4 is 15.9 Å². The van der Waals surface area contributed by atoms with Crippen molar-refractivity contribution in [1.82, 2.24) is 0 Å². The van der Waals surface area contributed by atoms with E-state index in [4.69, 9.17) is 10.00 Å². The fourth-order valence-electron chi connectivity index (χ4n) is 1.12. The number of halogens is 4. The quantitative estimate of drug-likeness (QED) is 0.799. The van der Waals surface area contributed by atoms with Crippen LogP contribution in [0.15, 0.2) is 18.2 Å². The Labute approximate surface area is 98.8 Å². The highest BCUT2D eigenvalue weighted by Crippen LogP contribution is 2.37. The van der Waals surface area contributed by atoms with Crippen LogP contribution in [0.4, 0.5) is 13.2 Å². The van der Waals surface area contributed by atoms with Gasteiger partial charge in [0.2, 0.25) is 0 Å². The van der Waals surface area contributed by atoms with Crippen molar-refractivity contribution < 1.29 is 17.9 Å². The number of hydrogen-bond acceptors (Lipinski definition) is 2. The molecule has 0 aliphatic rings. The molecule has 0 fully saturated rings. The molecule has 0 aromatic heterocycles. The Morgan fingerprint density at radius 3 is 2.56 bits per heavy atom. The minimum atomic E-state index is -4.48. The summed E-state index contributed by atoms with van der Waals surface area (Å²) in [6.07, 6.45) is -4.48. The number of ether oxygens (including phenoxy) is 1. The third-order valence-corrected chi connectivity index (χ3v) is 2.44. The van der Waals surface area contributed by atoms with E-state index in [1.54, 1.807) is 6.07 Å². The molecular formula is C10H7BrF3NO. The molecule has 0 amide bonds. The van der Waals surface area contributed by atoms with Gasteiger partial charge < -0.3 is 4.74 Å². The Kier molecular flexibility index (Phi) is 4.19. The first-order chi connectivity index (χ1) is 7.49. The summed E-state index contributed by atoms with van der Waals surface area (Å²) < 4.78 is 42.6. The molecule has 1 rings (SSSR count). The van der Waals surface area contributed by atoms with E-state index in [1.807, 2.05) is 0 Å². The highest BCUT2D eigenvalue weighted by Gasteiger charge is 2.34.